The van der Waals surface area contributed by atoms with E-state index in [1.54, 1.807) is 12.1 Å². The van der Waals surface area contributed by atoms with Crippen LogP contribution in [0.2, 0.25) is 0 Å². The van der Waals surface area contributed by atoms with Crippen LogP contribution in [0.25, 0.3) is 11.1 Å². The maximum Gasteiger partial charge on any atom is 0.268 e. The third kappa shape index (κ3) is 2.21. The summed E-state index contributed by atoms with van der Waals surface area (Å²) in [7, 11) is 0. The number of aromatic nitrogens is 1. The third-order valence-corrected chi connectivity index (χ3v) is 3.05. The quantitative estimate of drug-likeness (QED) is 0.835. The largest absolute Gasteiger partial charge is 0.384 e. The number of hydrogen-bond acceptors (Lipinski definition) is 4. The second-order valence-corrected chi connectivity index (χ2v) is 4.28. The first-order valence-corrected chi connectivity index (χ1v) is 5.72. The number of halogens is 2. The fourth-order valence-electron chi connectivity index (χ4n) is 2.02. The molecule has 5 nitrogen and oxygen atoms in total. The lowest BCUT2D eigenvalue weighted by Gasteiger charge is -2.12. The van der Waals surface area contributed by atoms with Crippen LogP contribution in [0.5, 0.6) is 0 Å². The fourth-order valence-corrected chi connectivity index (χ4v) is 2.02. The molecule has 0 aliphatic carbocycles. The molecule has 21 heavy (non-hydrogen) atoms. The molecule has 104 valence electrons. The Morgan fingerprint density at radius 2 is 1.81 bits per heavy atom. The number of hydrogen-bond donors (Lipinski definition) is 2. The molecule has 2 aromatic rings. The van der Waals surface area contributed by atoms with Crippen molar-refractivity contribution in [1.29, 1.82) is 10.5 Å². The first kappa shape index (κ1) is 14.2. The monoisotopic (exact) mass is 286 g/mol. The Hall–Kier alpha value is -3.19. The summed E-state index contributed by atoms with van der Waals surface area (Å²) in [6.07, 6.45) is 0. The van der Waals surface area contributed by atoms with Crippen molar-refractivity contribution in [3.05, 3.63) is 50.8 Å². The molecular formula is C14H8F2N4O. The number of benzene rings is 1. The molecule has 0 spiro atoms. The van der Waals surface area contributed by atoms with Crippen molar-refractivity contribution in [2.24, 2.45) is 0 Å². The minimum absolute atomic E-state index is 0.00870. The van der Waals surface area contributed by atoms with Gasteiger partial charge in [0.15, 0.2) is 0 Å². The molecule has 0 amide bonds. The smallest absolute Gasteiger partial charge is 0.268 e. The van der Waals surface area contributed by atoms with Gasteiger partial charge in [-0.3, -0.25) is 4.79 Å². The Labute approximate surface area is 117 Å². The predicted molar refractivity (Wildman–Crippen MR) is 71.0 cm³/mol. The van der Waals surface area contributed by atoms with Crippen LogP contribution in [0.4, 0.5) is 14.6 Å². The van der Waals surface area contributed by atoms with E-state index in [0.29, 0.717) is 6.07 Å². The average Bonchev–Trinajstić information content (AvgIpc) is 2.42. The van der Waals surface area contributed by atoms with E-state index >= 15 is 0 Å². The van der Waals surface area contributed by atoms with Crippen molar-refractivity contribution < 1.29 is 8.78 Å². The number of pyridine rings is 1. The molecule has 1 aromatic carbocycles. The molecule has 1 heterocycles. The van der Waals surface area contributed by atoms with Gasteiger partial charge in [-0.1, -0.05) is 0 Å². The number of rotatable bonds is 1. The Kier molecular flexibility index (Phi) is 3.43. The van der Waals surface area contributed by atoms with Crippen LogP contribution >= 0.6 is 0 Å². The first-order valence-electron chi connectivity index (χ1n) is 5.72. The highest BCUT2D eigenvalue weighted by Gasteiger charge is 2.21. The molecule has 1 aromatic heterocycles. The summed E-state index contributed by atoms with van der Waals surface area (Å²) < 4.78 is 27.1. The van der Waals surface area contributed by atoms with E-state index in [1.807, 2.05) is 0 Å². The van der Waals surface area contributed by atoms with Crippen LogP contribution in [-0.4, -0.2) is 4.98 Å². The molecule has 2 rings (SSSR count). The number of aromatic amines is 1. The van der Waals surface area contributed by atoms with Crippen LogP contribution in [0, 0.1) is 41.2 Å². The Morgan fingerprint density at radius 3 is 2.38 bits per heavy atom. The predicted octanol–water partition coefficient (Wildman–Crippen LogP) is 1.95. The second-order valence-electron chi connectivity index (χ2n) is 4.28. The van der Waals surface area contributed by atoms with E-state index in [2.05, 4.69) is 4.98 Å². The van der Waals surface area contributed by atoms with E-state index in [1.165, 1.54) is 6.92 Å². The van der Waals surface area contributed by atoms with Crippen molar-refractivity contribution in [1.82, 2.24) is 4.98 Å². The van der Waals surface area contributed by atoms with Crippen molar-refractivity contribution in [2.75, 3.05) is 5.73 Å². The summed E-state index contributed by atoms with van der Waals surface area (Å²) in [5.74, 6) is -2.00. The van der Waals surface area contributed by atoms with E-state index in [0.717, 1.165) is 6.07 Å². The first-order chi connectivity index (χ1) is 9.90. The molecular weight excluding hydrogens is 278 g/mol. The average molecular weight is 286 g/mol. The van der Waals surface area contributed by atoms with Gasteiger partial charge in [-0.05, 0) is 24.1 Å². The minimum atomic E-state index is -0.889. The van der Waals surface area contributed by atoms with Crippen LogP contribution in [0.1, 0.15) is 16.7 Å². The number of nitrogens with zero attached hydrogens (tertiary/aromatic N) is 2. The highest BCUT2D eigenvalue weighted by molar-refractivity contribution is 5.81. The van der Waals surface area contributed by atoms with Crippen LogP contribution in [0.3, 0.4) is 0 Å². The summed E-state index contributed by atoms with van der Waals surface area (Å²) in [5.41, 5.74) is 3.87. The molecule has 7 heteroatoms. The summed E-state index contributed by atoms with van der Waals surface area (Å²) in [6.45, 7) is 1.35. The van der Waals surface area contributed by atoms with Gasteiger partial charge in [0.1, 0.15) is 40.7 Å². The van der Waals surface area contributed by atoms with Gasteiger partial charge in [-0.2, -0.15) is 10.5 Å². The zero-order valence-electron chi connectivity index (χ0n) is 10.8. The number of nitrogen functional groups attached to an aromatic ring is 1. The SMILES string of the molecule is Cc1c(F)cc(F)cc1-c1c(C#N)c(N)[nH]c(=O)c1C#N. The topological polar surface area (TPSA) is 106 Å². The lowest BCUT2D eigenvalue weighted by molar-refractivity contribution is 0.578. The highest BCUT2D eigenvalue weighted by Crippen LogP contribution is 2.32. The number of H-pyrrole nitrogens is 1. The van der Waals surface area contributed by atoms with Crippen LogP contribution in [-0.2, 0) is 0 Å². The molecule has 0 aliphatic heterocycles. The standard InChI is InChI=1S/C14H8F2N4O/c1-6-8(2-7(15)3-11(6)16)12-9(4-17)13(19)20-14(21)10(12)5-18/h2-3H,1H3,(H3,19,20,21). The minimum Gasteiger partial charge on any atom is -0.384 e. The van der Waals surface area contributed by atoms with E-state index in [9.17, 15) is 13.6 Å². The zero-order valence-corrected chi connectivity index (χ0v) is 10.8. The summed E-state index contributed by atoms with van der Waals surface area (Å²) in [6, 6.07) is 5.00. The molecule has 0 bridgehead atoms. The van der Waals surface area contributed by atoms with Crippen molar-refractivity contribution in [3.8, 4) is 23.3 Å². The fraction of sp³-hybridized carbons (Fsp3) is 0.0714. The second kappa shape index (κ2) is 5.06. The molecule has 0 saturated carbocycles. The normalized spacial score (nSPS) is 9.95. The van der Waals surface area contributed by atoms with Crippen molar-refractivity contribution in [2.45, 2.75) is 6.92 Å². The van der Waals surface area contributed by atoms with Gasteiger partial charge in [0.05, 0.1) is 0 Å². The maximum absolute atomic E-state index is 13.7. The molecule has 0 saturated heterocycles. The van der Waals surface area contributed by atoms with Gasteiger partial charge >= 0.3 is 0 Å². The number of nitriles is 2. The van der Waals surface area contributed by atoms with Gasteiger partial charge in [0.2, 0.25) is 0 Å². The Balaban J connectivity index is 3.04. The van der Waals surface area contributed by atoms with Crippen molar-refractivity contribution >= 4 is 5.82 Å². The molecule has 0 radical (unpaired) electrons. The molecule has 0 unspecified atom stereocenters. The van der Waals surface area contributed by atoms with Crippen LogP contribution < -0.4 is 11.3 Å². The summed E-state index contributed by atoms with van der Waals surface area (Å²) in [5, 5.41) is 18.2. The van der Waals surface area contributed by atoms with Gasteiger partial charge in [-0.15, -0.1) is 0 Å². The highest BCUT2D eigenvalue weighted by atomic mass is 19.1. The van der Waals surface area contributed by atoms with E-state index in [-0.39, 0.29) is 28.1 Å². The summed E-state index contributed by atoms with van der Waals surface area (Å²) >= 11 is 0. The van der Waals surface area contributed by atoms with Gasteiger partial charge in [0, 0.05) is 11.6 Å². The van der Waals surface area contributed by atoms with Crippen LogP contribution in [0.15, 0.2) is 16.9 Å². The number of nitrogens with two attached hydrogens (primary N) is 1. The summed E-state index contributed by atoms with van der Waals surface area (Å²) in [4.78, 5) is 13.9. The van der Waals surface area contributed by atoms with Gasteiger partial charge < -0.3 is 10.7 Å². The molecule has 0 atom stereocenters. The lowest BCUT2D eigenvalue weighted by atomic mass is 9.93. The lowest BCUT2D eigenvalue weighted by Crippen LogP contribution is -2.16. The van der Waals surface area contributed by atoms with Crippen molar-refractivity contribution in [3.63, 3.8) is 0 Å². The van der Waals surface area contributed by atoms with Gasteiger partial charge in [0.25, 0.3) is 5.56 Å². The number of anilines is 1. The zero-order chi connectivity index (χ0) is 15.7. The maximum atomic E-state index is 13.7. The number of nitrogens with one attached hydrogen (secondary N) is 1. The van der Waals surface area contributed by atoms with Gasteiger partial charge in [-0.25, -0.2) is 8.78 Å². The van der Waals surface area contributed by atoms with E-state index in [4.69, 9.17) is 16.3 Å². The molecule has 0 aliphatic rings. The Morgan fingerprint density at radius 1 is 1.19 bits per heavy atom. The third-order valence-electron chi connectivity index (χ3n) is 3.05. The molecule has 0 fully saturated rings. The molecule has 3 N–H and O–H groups in total. The van der Waals surface area contributed by atoms with E-state index < -0.39 is 22.8 Å². The Bertz CT molecular complexity index is 888.